The van der Waals surface area contributed by atoms with Crippen LogP contribution in [0.15, 0.2) is 35.2 Å². The summed E-state index contributed by atoms with van der Waals surface area (Å²) in [7, 11) is 0. The molecule has 0 saturated carbocycles. The molecule has 1 rings (SSSR count). The minimum Gasteiger partial charge on any atom is -0.477 e. The van der Waals surface area contributed by atoms with E-state index in [0.717, 1.165) is 11.3 Å². The Morgan fingerprint density at radius 3 is 2.57 bits per heavy atom. The molecule has 0 bridgehead atoms. The first-order valence-electron chi connectivity index (χ1n) is 4.37. The van der Waals surface area contributed by atoms with Gasteiger partial charge in [0.05, 0.1) is 4.91 Å². The number of carboxylic acid groups (broad SMARTS) is 1. The van der Waals surface area contributed by atoms with Crippen molar-refractivity contribution in [3.05, 3.63) is 40.8 Å². The molecule has 0 aliphatic rings. The lowest BCUT2D eigenvalue weighted by atomic mass is 10.2. The second-order valence-electron chi connectivity index (χ2n) is 2.66. The van der Waals surface area contributed by atoms with Gasteiger partial charge in [-0.3, -0.25) is 0 Å². The number of thioether (sulfide) groups is 1. The molecule has 0 unspecified atom stereocenters. The Balaban J connectivity index is 2.88. The van der Waals surface area contributed by atoms with Gasteiger partial charge in [0, 0.05) is 0 Å². The Morgan fingerprint density at radius 2 is 2.07 bits per heavy atom. The minimum absolute atomic E-state index is 0.388. The molecule has 2 nitrogen and oxygen atoms in total. The van der Waals surface area contributed by atoms with E-state index in [0.29, 0.717) is 4.91 Å². The highest BCUT2D eigenvalue weighted by molar-refractivity contribution is 8.04. The fourth-order valence-electron chi connectivity index (χ4n) is 1.02. The minimum atomic E-state index is -0.860. The van der Waals surface area contributed by atoms with Gasteiger partial charge in [0.1, 0.15) is 0 Å². The Hall–Kier alpha value is -1.22. The standard InChI is InChI=1S/C11H12O2S/c1-2-14-10(11(12)13)8-9-6-4-3-5-7-9/h3-8H,2H2,1H3,(H,12,13)/b10-8+. The van der Waals surface area contributed by atoms with Gasteiger partial charge in [-0.1, -0.05) is 37.3 Å². The van der Waals surface area contributed by atoms with Gasteiger partial charge in [0.2, 0.25) is 0 Å². The molecule has 3 heteroatoms. The number of hydrogen-bond donors (Lipinski definition) is 1. The third kappa shape index (κ3) is 3.26. The van der Waals surface area contributed by atoms with Crippen LogP contribution in [0.5, 0.6) is 0 Å². The van der Waals surface area contributed by atoms with Crippen LogP contribution < -0.4 is 0 Å². The van der Waals surface area contributed by atoms with Gasteiger partial charge in [-0.2, -0.15) is 0 Å². The molecule has 74 valence electrons. The van der Waals surface area contributed by atoms with Crippen molar-refractivity contribution in [1.29, 1.82) is 0 Å². The highest BCUT2D eigenvalue weighted by atomic mass is 32.2. The van der Waals surface area contributed by atoms with Crippen LogP contribution in [0.1, 0.15) is 12.5 Å². The third-order valence-corrected chi connectivity index (χ3v) is 2.50. The summed E-state index contributed by atoms with van der Waals surface area (Å²) in [6.07, 6.45) is 1.69. The zero-order valence-electron chi connectivity index (χ0n) is 7.93. The van der Waals surface area contributed by atoms with Crippen molar-refractivity contribution in [2.45, 2.75) is 6.92 Å². The van der Waals surface area contributed by atoms with Crippen molar-refractivity contribution in [2.24, 2.45) is 0 Å². The van der Waals surface area contributed by atoms with Crippen molar-refractivity contribution in [2.75, 3.05) is 5.75 Å². The molecule has 0 saturated heterocycles. The molecule has 0 fully saturated rings. The maximum atomic E-state index is 10.8. The summed E-state index contributed by atoms with van der Waals surface area (Å²) in [6.45, 7) is 1.94. The predicted octanol–water partition coefficient (Wildman–Crippen LogP) is 2.87. The van der Waals surface area contributed by atoms with E-state index in [-0.39, 0.29) is 0 Å². The number of carboxylic acids is 1. The average molecular weight is 208 g/mol. The monoisotopic (exact) mass is 208 g/mol. The van der Waals surface area contributed by atoms with Crippen LogP contribution in [0.4, 0.5) is 0 Å². The smallest absolute Gasteiger partial charge is 0.342 e. The molecule has 0 aliphatic carbocycles. The lowest BCUT2D eigenvalue weighted by Crippen LogP contribution is -1.96. The third-order valence-electron chi connectivity index (χ3n) is 1.61. The predicted molar refractivity (Wildman–Crippen MR) is 60.2 cm³/mol. The van der Waals surface area contributed by atoms with E-state index in [1.54, 1.807) is 6.08 Å². The van der Waals surface area contributed by atoms with Gasteiger partial charge < -0.3 is 5.11 Å². The lowest BCUT2D eigenvalue weighted by molar-refractivity contribution is -0.131. The summed E-state index contributed by atoms with van der Waals surface area (Å²) in [5.74, 6) is -0.0916. The van der Waals surface area contributed by atoms with Crippen molar-refractivity contribution in [3.8, 4) is 0 Å². The van der Waals surface area contributed by atoms with Gasteiger partial charge in [-0.05, 0) is 17.4 Å². The lowest BCUT2D eigenvalue weighted by Gasteiger charge is -1.99. The maximum absolute atomic E-state index is 10.8. The van der Waals surface area contributed by atoms with Gasteiger partial charge in [-0.15, -0.1) is 11.8 Å². The molecule has 0 amide bonds. The molecule has 1 aromatic carbocycles. The zero-order valence-corrected chi connectivity index (χ0v) is 8.75. The summed E-state index contributed by atoms with van der Waals surface area (Å²) in [6, 6.07) is 9.47. The molecule has 0 spiro atoms. The van der Waals surface area contributed by atoms with E-state index in [4.69, 9.17) is 5.11 Å². The highest BCUT2D eigenvalue weighted by Gasteiger charge is 2.05. The van der Waals surface area contributed by atoms with Crippen molar-refractivity contribution < 1.29 is 9.90 Å². The molecular formula is C11H12O2S. The highest BCUT2D eigenvalue weighted by Crippen LogP contribution is 2.18. The molecule has 0 atom stereocenters. The van der Waals surface area contributed by atoms with Crippen molar-refractivity contribution in [1.82, 2.24) is 0 Å². The molecule has 1 aromatic rings. The second-order valence-corrected chi connectivity index (χ2v) is 3.96. The van der Waals surface area contributed by atoms with Crippen LogP contribution in [-0.4, -0.2) is 16.8 Å². The van der Waals surface area contributed by atoms with Crippen LogP contribution in [0.25, 0.3) is 6.08 Å². The topological polar surface area (TPSA) is 37.3 Å². The number of aliphatic carboxylic acids is 1. The van der Waals surface area contributed by atoms with Gasteiger partial charge in [0.15, 0.2) is 0 Å². The molecule has 0 aromatic heterocycles. The molecule has 0 aliphatic heterocycles. The summed E-state index contributed by atoms with van der Waals surface area (Å²) in [5, 5.41) is 8.88. The first-order valence-corrected chi connectivity index (χ1v) is 5.35. The Bertz CT molecular complexity index is 330. The van der Waals surface area contributed by atoms with Crippen LogP contribution in [0, 0.1) is 0 Å². The van der Waals surface area contributed by atoms with E-state index >= 15 is 0 Å². The van der Waals surface area contributed by atoms with E-state index in [1.165, 1.54) is 11.8 Å². The summed E-state index contributed by atoms with van der Waals surface area (Å²) >= 11 is 1.34. The normalized spacial score (nSPS) is 11.4. The fraction of sp³-hybridized carbons (Fsp3) is 0.182. The quantitative estimate of drug-likeness (QED) is 0.773. The van der Waals surface area contributed by atoms with E-state index in [1.807, 2.05) is 37.3 Å². The summed E-state index contributed by atoms with van der Waals surface area (Å²) in [4.78, 5) is 11.2. The Kier molecular flexibility index (Phi) is 4.26. The zero-order chi connectivity index (χ0) is 10.4. The number of rotatable bonds is 4. The van der Waals surface area contributed by atoms with Crippen LogP contribution in [-0.2, 0) is 4.79 Å². The van der Waals surface area contributed by atoms with E-state index in [9.17, 15) is 4.79 Å². The Labute approximate surface area is 87.6 Å². The van der Waals surface area contributed by atoms with E-state index < -0.39 is 5.97 Å². The molecule has 0 heterocycles. The number of carbonyl (C=O) groups is 1. The van der Waals surface area contributed by atoms with Crippen LogP contribution in [0.2, 0.25) is 0 Å². The van der Waals surface area contributed by atoms with Crippen molar-refractivity contribution in [3.63, 3.8) is 0 Å². The molecule has 0 radical (unpaired) electrons. The van der Waals surface area contributed by atoms with Crippen molar-refractivity contribution >= 4 is 23.8 Å². The van der Waals surface area contributed by atoms with Gasteiger partial charge >= 0.3 is 5.97 Å². The van der Waals surface area contributed by atoms with E-state index in [2.05, 4.69) is 0 Å². The Morgan fingerprint density at radius 1 is 1.43 bits per heavy atom. The maximum Gasteiger partial charge on any atom is 0.342 e. The van der Waals surface area contributed by atoms with Gasteiger partial charge in [0.25, 0.3) is 0 Å². The summed E-state index contributed by atoms with van der Waals surface area (Å²) in [5.41, 5.74) is 0.922. The second kappa shape index (κ2) is 5.50. The molecule has 1 N–H and O–H groups in total. The first-order chi connectivity index (χ1) is 6.74. The number of hydrogen-bond acceptors (Lipinski definition) is 2. The van der Waals surface area contributed by atoms with Crippen LogP contribution in [0.3, 0.4) is 0 Å². The molecule has 14 heavy (non-hydrogen) atoms. The number of benzene rings is 1. The average Bonchev–Trinajstić information content (AvgIpc) is 2.18. The molecular weight excluding hydrogens is 196 g/mol. The summed E-state index contributed by atoms with van der Waals surface area (Å²) < 4.78 is 0. The van der Waals surface area contributed by atoms with Gasteiger partial charge in [-0.25, -0.2) is 4.79 Å². The SMILES string of the molecule is CCS/C(=C/c1ccccc1)C(=O)O. The largest absolute Gasteiger partial charge is 0.477 e. The first kappa shape index (κ1) is 10.9. The fourth-order valence-corrected chi connectivity index (χ4v) is 1.68. The van der Waals surface area contributed by atoms with Crippen LogP contribution >= 0.6 is 11.8 Å².